The van der Waals surface area contributed by atoms with Crippen molar-refractivity contribution in [1.82, 2.24) is 0 Å². The zero-order valence-corrected chi connectivity index (χ0v) is 11.1. The van der Waals surface area contributed by atoms with Crippen LogP contribution in [0.3, 0.4) is 0 Å². The van der Waals surface area contributed by atoms with Crippen molar-refractivity contribution in [2.75, 3.05) is 5.32 Å². The average Bonchev–Trinajstić information content (AvgIpc) is 2.29. The van der Waals surface area contributed by atoms with Gasteiger partial charge in [-0.2, -0.15) is 0 Å². The number of rotatable bonds is 5. The van der Waals surface area contributed by atoms with Crippen molar-refractivity contribution in [3.05, 3.63) is 28.2 Å². The van der Waals surface area contributed by atoms with E-state index in [4.69, 9.17) is 5.11 Å². The summed E-state index contributed by atoms with van der Waals surface area (Å²) in [5.74, 6) is -1.11. The molecule has 1 aromatic carbocycles. The maximum Gasteiger partial charge on any atom is 0.335 e. The molecule has 0 unspecified atom stereocenters. The van der Waals surface area contributed by atoms with Crippen LogP contribution < -0.4 is 5.32 Å². The minimum Gasteiger partial charge on any atom is -0.478 e. The molecule has 0 fully saturated rings. The van der Waals surface area contributed by atoms with Crippen molar-refractivity contribution in [1.29, 1.82) is 0 Å². The first kappa shape index (κ1) is 13.7. The van der Waals surface area contributed by atoms with Crippen molar-refractivity contribution >= 4 is 33.5 Å². The monoisotopic (exact) mass is 299 g/mol. The Labute approximate surface area is 108 Å². The summed E-state index contributed by atoms with van der Waals surface area (Å²) in [6.07, 6.45) is 2.21. The smallest absolute Gasteiger partial charge is 0.335 e. The maximum absolute atomic E-state index is 11.5. The molecule has 0 saturated carbocycles. The predicted molar refractivity (Wildman–Crippen MR) is 69.3 cm³/mol. The number of carbonyl (C=O) groups is 2. The van der Waals surface area contributed by atoms with E-state index in [0.717, 1.165) is 12.8 Å². The van der Waals surface area contributed by atoms with E-state index in [1.807, 2.05) is 6.92 Å². The number of halogens is 1. The second-order valence-electron chi connectivity index (χ2n) is 3.65. The Morgan fingerprint density at radius 2 is 2.12 bits per heavy atom. The lowest BCUT2D eigenvalue weighted by atomic mass is 10.2. The average molecular weight is 300 g/mol. The van der Waals surface area contributed by atoms with Crippen molar-refractivity contribution in [2.45, 2.75) is 26.2 Å². The standard InChI is InChI=1S/C12H14BrNO3/c1-2-3-4-11(15)14-10-7-8(12(16)17)5-6-9(10)13/h5-7H,2-4H2,1H3,(H,14,15)(H,16,17). The Balaban J connectivity index is 2.79. The van der Waals surface area contributed by atoms with Gasteiger partial charge in [-0.05, 0) is 40.5 Å². The largest absolute Gasteiger partial charge is 0.478 e. The zero-order chi connectivity index (χ0) is 12.8. The molecule has 92 valence electrons. The lowest BCUT2D eigenvalue weighted by Crippen LogP contribution is -2.12. The molecule has 1 rings (SSSR count). The van der Waals surface area contributed by atoms with Gasteiger partial charge in [0.2, 0.25) is 5.91 Å². The molecule has 0 spiro atoms. The second-order valence-corrected chi connectivity index (χ2v) is 4.51. The first-order valence-electron chi connectivity index (χ1n) is 5.37. The van der Waals surface area contributed by atoms with Crippen LogP contribution in [0.25, 0.3) is 0 Å². The van der Waals surface area contributed by atoms with Gasteiger partial charge in [-0.1, -0.05) is 13.3 Å². The second kappa shape index (κ2) is 6.39. The zero-order valence-electron chi connectivity index (χ0n) is 9.50. The Morgan fingerprint density at radius 3 is 2.71 bits per heavy atom. The van der Waals surface area contributed by atoms with Crippen LogP contribution in [-0.2, 0) is 4.79 Å². The summed E-state index contributed by atoms with van der Waals surface area (Å²) < 4.78 is 0.673. The predicted octanol–water partition coefficient (Wildman–Crippen LogP) is 3.28. The molecular formula is C12H14BrNO3. The van der Waals surface area contributed by atoms with Gasteiger partial charge in [0.05, 0.1) is 11.3 Å². The van der Waals surface area contributed by atoms with Gasteiger partial charge in [0.1, 0.15) is 0 Å². The fraction of sp³-hybridized carbons (Fsp3) is 0.333. The molecule has 0 aromatic heterocycles. The highest BCUT2D eigenvalue weighted by molar-refractivity contribution is 9.10. The molecule has 5 heteroatoms. The van der Waals surface area contributed by atoms with E-state index in [0.29, 0.717) is 16.6 Å². The van der Waals surface area contributed by atoms with Crippen LogP contribution in [-0.4, -0.2) is 17.0 Å². The fourth-order valence-corrected chi connectivity index (χ4v) is 1.65. The summed E-state index contributed by atoms with van der Waals surface area (Å²) in [6, 6.07) is 4.53. The SMILES string of the molecule is CCCCC(=O)Nc1cc(C(=O)O)ccc1Br. The number of anilines is 1. The number of unbranched alkanes of at least 4 members (excludes halogenated alkanes) is 1. The van der Waals surface area contributed by atoms with Crippen LogP contribution in [0.2, 0.25) is 0 Å². The van der Waals surface area contributed by atoms with Gasteiger partial charge in [-0.15, -0.1) is 0 Å². The summed E-state index contributed by atoms with van der Waals surface area (Å²) in [5, 5.41) is 11.5. The number of hydrogen-bond acceptors (Lipinski definition) is 2. The van der Waals surface area contributed by atoms with E-state index in [-0.39, 0.29) is 11.5 Å². The molecule has 1 aromatic rings. The van der Waals surface area contributed by atoms with E-state index < -0.39 is 5.97 Å². The van der Waals surface area contributed by atoms with Crippen molar-refractivity contribution in [3.8, 4) is 0 Å². The number of hydrogen-bond donors (Lipinski definition) is 2. The molecule has 2 N–H and O–H groups in total. The Hall–Kier alpha value is -1.36. The van der Waals surface area contributed by atoms with Gasteiger partial charge < -0.3 is 10.4 Å². The Bertz CT molecular complexity index is 432. The maximum atomic E-state index is 11.5. The summed E-state index contributed by atoms with van der Waals surface area (Å²) in [6.45, 7) is 2.01. The molecule has 0 aliphatic carbocycles. The molecule has 0 saturated heterocycles. The van der Waals surface area contributed by atoms with Gasteiger partial charge in [0, 0.05) is 10.9 Å². The van der Waals surface area contributed by atoms with Gasteiger partial charge in [-0.25, -0.2) is 4.79 Å². The minimum absolute atomic E-state index is 0.102. The molecule has 0 heterocycles. The lowest BCUT2D eigenvalue weighted by Gasteiger charge is -2.08. The first-order chi connectivity index (χ1) is 8.04. The van der Waals surface area contributed by atoms with E-state index in [1.54, 1.807) is 6.07 Å². The molecule has 17 heavy (non-hydrogen) atoms. The molecule has 1 amide bonds. The van der Waals surface area contributed by atoms with E-state index in [2.05, 4.69) is 21.2 Å². The molecule has 0 bridgehead atoms. The Kier molecular flexibility index (Phi) is 5.15. The highest BCUT2D eigenvalue weighted by Gasteiger charge is 2.09. The van der Waals surface area contributed by atoms with Crippen molar-refractivity contribution in [3.63, 3.8) is 0 Å². The Morgan fingerprint density at radius 1 is 1.41 bits per heavy atom. The van der Waals surface area contributed by atoms with Gasteiger partial charge in [-0.3, -0.25) is 4.79 Å². The first-order valence-corrected chi connectivity index (χ1v) is 6.16. The summed E-state index contributed by atoms with van der Waals surface area (Å²) in [7, 11) is 0. The van der Waals surface area contributed by atoms with E-state index in [1.165, 1.54) is 12.1 Å². The van der Waals surface area contributed by atoms with Crippen LogP contribution in [0.4, 0.5) is 5.69 Å². The highest BCUT2D eigenvalue weighted by Crippen LogP contribution is 2.24. The van der Waals surface area contributed by atoms with Gasteiger partial charge in [0.15, 0.2) is 0 Å². The number of amides is 1. The third-order valence-electron chi connectivity index (χ3n) is 2.24. The van der Waals surface area contributed by atoms with Crippen molar-refractivity contribution in [2.24, 2.45) is 0 Å². The van der Waals surface area contributed by atoms with Gasteiger partial charge in [0.25, 0.3) is 0 Å². The fourth-order valence-electron chi connectivity index (χ4n) is 1.30. The number of carboxylic acid groups (broad SMARTS) is 1. The van der Waals surface area contributed by atoms with Crippen LogP contribution >= 0.6 is 15.9 Å². The normalized spacial score (nSPS) is 10.0. The third kappa shape index (κ3) is 4.19. The number of aromatic carboxylic acids is 1. The quantitative estimate of drug-likeness (QED) is 0.877. The summed E-state index contributed by atoms with van der Waals surface area (Å²) in [5.41, 5.74) is 0.644. The molecule has 0 aliphatic rings. The van der Waals surface area contributed by atoms with Crippen LogP contribution in [0.1, 0.15) is 36.5 Å². The van der Waals surface area contributed by atoms with E-state index in [9.17, 15) is 9.59 Å². The highest BCUT2D eigenvalue weighted by atomic mass is 79.9. The topological polar surface area (TPSA) is 66.4 Å². The minimum atomic E-state index is -1.01. The molecule has 0 radical (unpaired) electrons. The summed E-state index contributed by atoms with van der Waals surface area (Å²) >= 11 is 3.27. The third-order valence-corrected chi connectivity index (χ3v) is 2.94. The molecular weight excluding hydrogens is 286 g/mol. The number of benzene rings is 1. The van der Waals surface area contributed by atoms with Crippen LogP contribution in [0.15, 0.2) is 22.7 Å². The molecule has 4 nitrogen and oxygen atoms in total. The van der Waals surface area contributed by atoms with Crippen molar-refractivity contribution < 1.29 is 14.7 Å². The van der Waals surface area contributed by atoms with Crippen LogP contribution in [0.5, 0.6) is 0 Å². The lowest BCUT2D eigenvalue weighted by molar-refractivity contribution is -0.116. The molecule has 0 atom stereocenters. The van der Waals surface area contributed by atoms with E-state index >= 15 is 0 Å². The number of carboxylic acids is 1. The summed E-state index contributed by atoms with van der Waals surface area (Å²) in [4.78, 5) is 22.3. The van der Waals surface area contributed by atoms with Crippen LogP contribution in [0, 0.1) is 0 Å². The number of nitrogens with one attached hydrogen (secondary N) is 1. The molecule has 0 aliphatic heterocycles. The number of carbonyl (C=O) groups excluding carboxylic acids is 1. The van der Waals surface area contributed by atoms with Gasteiger partial charge >= 0.3 is 5.97 Å².